The number of piperidine rings is 1. The summed E-state index contributed by atoms with van der Waals surface area (Å²) in [6.45, 7) is 11.3. The maximum Gasteiger partial charge on any atom is 0.131 e. The van der Waals surface area contributed by atoms with E-state index in [-0.39, 0.29) is 6.04 Å². The predicted molar refractivity (Wildman–Crippen MR) is 86.1 cm³/mol. The maximum atomic E-state index is 6.03. The minimum absolute atomic E-state index is 0.247. The van der Waals surface area contributed by atoms with Crippen LogP contribution in [0.25, 0.3) is 0 Å². The summed E-state index contributed by atoms with van der Waals surface area (Å²) < 4.78 is 0. The van der Waals surface area contributed by atoms with E-state index < -0.39 is 0 Å². The Labute approximate surface area is 123 Å². The lowest BCUT2D eigenvalue weighted by atomic mass is 9.91. The molecule has 2 heterocycles. The van der Waals surface area contributed by atoms with Gasteiger partial charge in [-0.1, -0.05) is 26.8 Å². The topological polar surface area (TPSA) is 42.1 Å². The van der Waals surface area contributed by atoms with Crippen LogP contribution in [0.15, 0.2) is 12.3 Å². The molecule has 0 amide bonds. The molecule has 1 aromatic heterocycles. The summed E-state index contributed by atoms with van der Waals surface area (Å²) in [4.78, 5) is 7.18. The van der Waals surface area contributed by atoms with E-state index in [0.717, 1.165) is 43.6 Å². The molecule has 2 rings (SSSR count). The van der Waals surface area contributed by atoms with Crippen molar-refractivity contribution in [1.82, 2.24) is 4.98 Å². The summed E-state index contributed by atoms with van der Waals surface area (Å²) >= 11 is 0. The van der Waals surface area contributed by atoms with Gasteiger partial charge in [-0.15, -0.1) is 0 Å². The Morgan fingerprint density at radius 1 is 1.35 bits per heavy atom. The van der Waals surface area contributed by atoms with Gasteiger partial charge in [0.2, 0.25) is 0 Å². The summed E-state index contributed by atoms with van der Waals surface area (Å²) in [6, 6.07) is 2.51. The second-order valence-electron chi connectivity index (χ2n) is 6.71. The highest BCUT2D eigenvalue weighted by Crippen LogP contribution is 2.27. The van der Waals surface area contributed by atoms with E-state index in [9.17, 15) is 0 Å². The first-order chi connectivity index (χ1) is 9.49. The molecule has 1 saturated heterocycles. The van der Waals surface area contributed by atoms with Crippen molar-refractivity contribution in [1.29, 1.82) is 0 Å². The molecular weight excluding hydrogens is 246 g/mol. The number of rotatable bonds is 4. The minimum Gasteiger partial charge on any atom is -0.356 e. The highest BCUT2D eigenvalue weighted by Gasteiger charge is 2.23. The van der Waals surface area contributed by atoms with Gasteiger partial charge in [0.1, 0.15) is 5.82 Å². The quantitative estimate of drug-likeness (QED) is 0.918. The van der Waals surface area contributed by atoms with E-state index in [4.69, 9.17) is 10.7 Å². The van der Waals surface area contributed by atoms with Crippen molar-refractivity contribution in [2.45, 2.75) is 53.0 Å². The molecule has 0 aliphatic carbocycles. The first kappa shape index (κ1) is 15.3. The van der Waals surface area contributed by atoms with Crippen molar-refractivity contribution in [2.24, 2.45) is 17.6 Å². The van der Waals surface area contributed by atoms with Crippen molar-refractivity contribution < 1.29 is 0 Å². The number of hydrogen-bond acceptors (Lipinski definition) is 3. The lowest BCUT2D eigenvalue weighted by molar-refractivity contribution is 0.355. The number of nitrogens with zero attached hydrogens (tertiary/aromatic N) is 2. The Kier molecular flexibility index (Phi) is 5.03. The van der Waals surface area contributed by atoms with Gasteiger partial charge in [0.25, 0.3) is 0 Å². The Balaban J connectivity index is 2.13. The lowest BCUT2D eigenvalue weighted by Gasteiger charge is -2.36. The van der Waals surface area contributed by atoms with Gasteiger partial charge in [-0.2, -0.15) is 0 Å². The van der Waals surface area contributed by atoms with Crippen LogP contribution in [-0.2, 0) is 6.42 Å². The number of hydrogen-bond donors (Lipinski definition) is 1. The summed E-state index contributed by atoms with van der Waals surface area (Å²) in [7, 11) is 0. The Bertz CT molecular complexity index is 434. The third-order valence-electron chi connectivity index (χ3n) is 4.30. The number of aromatic nitrogens is 1. The van der Waals surface area contributed by atoms with Crippen LogP contribution in [0.3, 0.4) is 0 Å². The molecule has 0 radical (unpaired) electrons. The third kappa shape index (κ3) is 3.72. The normalized spacial score (nSPS) is 24.8. The van der Waals surface area contributed by atoms with Crippen molar-refractivity contribution in [3.8, 4) is 0 Å². The van der Waals surface area contributed by atoms with E-state index in [1.165, 1.54) is 17.5 Å². The molecule has 1 aliphatic heterocycles. The van der Waals surface area contributed by atoms with Gasteiger partial charge in [-0.25, -0.2) is 4.98 Å². The van der Waals surface area contributed by atoms with Gasteiger partial charge in [-0.3, -0.25) is 0 Å². The van der Waals surface area contributed by atoms with Crippen LogP contribution in [0, 0.1) is 18.8 Å². The fourth-order valence-electron chi connectivity index (χ4n) is 3.35. The number of nitrogens with two attached hydrogens (primary N) is 1. The predicted octanol–water partition coefficient (Wildman–Crippen LogP) is 3.15. The van der Waals surface area contributed by atoms with Crippen molar-refractivity contribution in [2.75, 3.05) is 18.0 Å². The highest BCUT2D eigenvalue weighted by atomic mass is 15.2. The second kappa shape index (κ2) is 6.57. The molecule has 0 bridgehead atoms. The van der Waals surface area contributed by atoms with E-state index in [1.54, 1.807) is 0 Å². The molecule has 20 heavy (non-hydrogen) atoms. The zero-order valence-electron chi connectivity index (χ0n) is 13.4. The lowest BCUT2D eigenvalue weighted by Crippen LogP contribution is -2.39. The third-order valence-corrected chi connectivity index (χ3v) is 4.30. The smallest absolute Gasteiger partial charge is 0.131 e. The van der Waals surface area contributed by atoms with Crippen LogP contribution in [0.5, 0.6) is 0 Å². The molecule has 3 nitrogen and oxygen atoms in total. The molecule has 112 valence electrons. The van der Waals surface area contributed by atoms with Gasteiger partial charge in [0.05, 0.1) is 0 Å². The number of pyridine rings is 1. The molecule has 1 fully saturated rings. The monoisotopic (exact) mass is 275 g/mol. The summed E-state index contributed by atoms with van der Waals surface area (Å²) in [6.07, 6.45) is 5.29. The summed E-state index contributed by atoms with van der Waals surface area (Å²) in [5.74, 6) is 2.68. The fourth-order valence-corrected chi connectivity index (χ4v) is 3.35. The van der Waals surface area contributed by atoms with Crippen molar-refractivity contribution >= 4 is 5.82 Å². The first-order valence-corrected chi connectivity index (χ1v) is 7.95. The van der Waals surface area contributed by atoms with E-state index in [0.29, 0.717) is 0 Å². The van der Waals surface area contributed by atoms with Gasteiger partial charge in [-0.05, 0) is 49.1 Å². The molecule has 1 aliphatic rings. The average molecular weight is 275 g/mol. The van der Waals surface area contributed by atoms with Crippen LogP contribution < -0.4 is 10.6 Å². The minimum atomic E-state index is 0.247. The Hall–Kier alpha value is -1.09. The van der Waals surface area contributed by atoms with Gasteiger partial charge < -0.3 is 10.6 Å². The van der Waals surface area contributed by atoms with Crippen LogP contribution in [-0.4, -0.2) is 24.1 Å². The van der Waals surface area contributed by atoms with Crippen LogP contribution in [0.1, 0.15) is 44.7 Å². The Morgan fingerprint density at radius 2 is 2.00 bits per heavy atom. The molecule has 1 aromatic rings. The molecule has 0 spiro atoms. The van der Waals surface area contributed by atoms with Crippen LogP contribution >= 0.6 is 0 Å². The first-order valence-electron chi connectivity index (χ1n) is 7.95. The molecule has 3 unspecified atom stereocenters. The standard InChI is InChI=1S/C17H29N3/c1-5-16(18)8-15-7-14(4)17(19-9-15)20-10-12(2)6-13(3)11-20/h7,9,12-13,16H,5-6,8,10-11,18H2,1-4H3. The molecule has 0 aromatic carbocycles. The van der Waals surface area contributed by atoms with Crippen molar-refractivity contribution in [3.63, 3.8) is 0 Å². The van der Waals surface area contributed by atoms with Crippen LogP contribution in [0.4, 0.5) is 5.82 Å². The van der Waals surface area contributed by atoms with Gasteiger partial charge in [0, 0.05) is 25.3 Å². The maximum absolute atomic E-state index is 6.03. The van der Waals surface area contributed by atoms with E-state index >= 15 is 0 Å². The Morgan fingerprint density at radius 3 is 2.55 bits per heavy atom. The molecular formula is C17H29N3. The highest BCUT2D eigenvalue weighted by molar-refractivity contribution is 5.48. The SMILES string of the molecule is CCC(N)Cc1cnc(N2CC(C)CC(C)C2)c(C)c1. The molecule has 0 saturated carbocycles. The molecule has 3 atom stereocenters. The zero-order valence-corrected chi connectivity index (χ0v) is 13.4. The number of aryl methyl sites for hydroxylation is 1. The van der Waals surface area contributed by atoms with E-state index in [2.05, 4.69) is 38.7 Å². The average Bonchev–Trinajstić information content (AvgIpc) is 2.37. The summed E-state index contributed by atoms with van der Waals surface area (Å²) in [5, 5.41) is 0. The van der Waals surface area contributed by atoms with Gasteiger partial charge >= 0.3 is 0 Å². The summed E-state index contributed by atoms with van der Waals surface area (Å²) in [5.41, 5.74) is 8.58. The molecule has 2 N–H and O–H groups in total. The largest absolute Gasteiger partial charge is 0.356 e. The van der Waals surface area contributed by atoms with Gasteiger partial charge in [0.15, 0.2) is 0 Å². The second-order valence-corrected chi connectivity index (χ2v) is 6.71. The fraction of sp³-hybridized carbons (Fsp3) is 0.706. The van der Waals surface area contributed by atoms with Crippen molar-refractivity contribution in [3.05, 3.63) is 23.4 Å². The van der Waals surface area contributed by atoms with Crippen LogP contribution in [0.2, 0.25) is 0 Å². The zero-order chi connectivity index (χ0) is 14.7. The van der Waals surface area contributed by atoms with E-state index in [1.807, 2.05) is 6.20 Å². The number of anilines is 1. The molecule has 3 heteroatoms.